The third kappa shape index (κ3) is 5.49. The van der Waals surface area contributed by atoms with E-state index in [0.29, 0.717) is 19.0 Å². The Kier molecular flexibility index (Phi) is 6.96. The largest absolute Gasteiger partial charge is 0.354 e. The first-order valence-electron chi connectivity index (χ1n) is 11.0. The van der Waals surface area contributed by atoms with E-state index < -0.39 is 5.69 Å². The number of anilines is 1. The maximum Gasteiger partial charge on any atom is 0.354 e. The number of rotatable bonds is 6. The summed E-state index contributed by atoms with van der Waals surface area (Å²) in [5, 5.41) is 5.91. The van der Waals surface area contributed by atoms with Gasteiger partial charge < -0.3 is 20.9 Å². The van der Waals surface area contributed by atoms with Crippen LogP contribution in [0.15, 0.2) is 41.3 Å². The summed E-state index contributed by atoms with van der Waals surface area (Å²) in [6.07, 6.45) is 3.81. The number of hydrogen-bond acceptors (Lipinski definition) is 6. The zero-order valence-corrected chi connectivity index (χ0v) is 17.8. The van der Waals surface area contributed by atoms with Crippen molar-refractivity contribution >= 4 is 11.8 Å². The normalized spacial score (nSPS) is 19.5. The molecule has 1 atom stereocenters. The van der Waals surface area contributed by atoms with Gasteiger partial charge in [0.25, 0.3) is 0 Å². The lowest BCUT2D eigenvalue weighted by atomic mass is 10.1. The Morgan fingerprint density at radius 3 is 2.61 bits per heavy atom. The van der Waals surface area contributed by atoms with Crippen molar-refractivity contribution in [2.75, 3.05) is 57.7 Å². The Morgan fingerprint density at radius 2 is 1.94 bits per heavy atom. The standard InChI is InChI=1S/C22H31N7O2/c23-15-18-6-11-27(16-18)10-5-17-1-3-19(4-2-17)29-12-7-20(26-22(29)31)25-21(30)28-13-8-24-9-14-28/h1-4,7,12,18,24H,5-6,8-11,13-16,23H2,(H,25,26,30,31)/t18-/m1/s1. The van der Waals surface area contributed by atoms with Crippen molar-refractivity contribution in [2.45, 2.75) is 12.8 Å². The topological polar surface area (TPSA) is 109 Å². The van der Waals surface area contributed by atoms with Gasteiger partial charge in [-0.05, 0) is 55.6 Å². The molecule has 0 saturated carbocycles. The fourth-order valence-corrected chi connectivity index (χ4v) is 4.14. The van der Waals surface area contributed by atoms with Crippen LogP contribution < -0.4 is 22.1 Å². The minimum absolute atomic E-state index is 0.230. The molecular weight excluding hydrogens is 394 g/mol. The minimum atomic E-state index is -0.421. The number of piperazine rings is 1. The van der Waals surface area contributed by atoms with E-state index in [1.807, 2.05) is 12.1 Å². The molecule has 0 bridgehead atoms. The van der Waals surface area contributed by atoms with Crippen molar-refractivity contribution in [3.05, 3.63) is 52.6 Å². The number of aromatic nitrogens is 2. The number of carbonyl (C=O) groups excluding carboxylic acids is 1. The molecule has 166 valence electrons. The van der Waals surface area contributed by atoms with Gasteiger partial charge in [-0.15, -0.1) is 0 Å². The maximum atomic E-state index is 12.5. The number of nitrogens with one attached hydrogen (secondary N) is 2. The Labute approximate surface area is 182 Å². The van der Waals surface area contributed by atoms with Gasteiger partial charge in [0.2, 0.25) is 0 Å². The quantitative estimate of drug-likeness (QED) is 0.622. The first-order chi connectivity index (χ1) is 15.1. The number of benzene rings is 1. The minimum Gasteiger partial charge on any atom is -0.330 e. The third-order valence-corrected chi connectivity index (χ3v) is 6.08. The van der Waals surface area contributed by atoms with Crippen LogP contribution in [-0.4, -0.2) is 77.7 Å². The molecule has 2 aliphatic heterocycles. The second kappa shape index (κ2) is 10.0. The fourth-order valence-electron chi connectivity index (χ4n) is 4.14. The third-order valence-electron chi connectivity index (χ3n) is 6.08. The van der Waals surface area contributed by atoms with Crippen molar-refractivity contribution in [3.8, 4) is 5.69 Å². The average Bonchev–Trinajstić information content (AvgIpc) is 3.27. The molecule has 31 heavy (non-hydrogen) atoms. The van der Waals surface area contributed by atoms with E-state index in [1.165, 1.54) is 16.6 Å². The second-order valence-corrected chi connectivity index (χ2v) is 8.24. The summed E-state index contributed by atoms with van der Waals surface area (Å²) in [6, 6.07) is 9.40. The summed E-state index contributed by atoms with van der Waals surface area (Å²) in [5.74, 6) is 0.897. The van der Waals surface area contributed by atoms with Gasteiger partial charge in [0, 0.05) is 45.5 Å². The molecule has 0 spiro atoms. The highest BCUT2D eigenvalue weighted by Crippen LogP contribution is 2.16. The van der Waals surface area contributed by atoms with Crippen LogP contribution in [0.25, 0.3) is 5.69 Å². The summed E-state index contributed by atoms with van der Waals surface area (Å²) in [7, 11) is 0. The monoisotopic (exact) mass is 425 g/mol. The highest BCUT2D eigenvalue weighted by Gasteiger charge is 2.20. The predicted octanol–water partition coefficient (Wildman–Crippen LogP) is 0.493. The number of carbonyl (C=O) groups is 1. The fraction of sp³-hybridized carbons (Fsp3) is 0.500. The van der Waals surface area contributed by atoms with Gasteiger partial charge >= 0.3 is 11.7 Å². The molecule has 9 heteroatoms. The van der Waals surface area contributed by atoms with Gasteiger partial charge in [-0.2, -0.15) is 4.98 Å². The summed E-state index contributed by atoms with van der Waals surface area (Å²) in [5.41, 5.74) is 7.34. The van der Waals surface area contributed by atoms with E-state index in [1.54, 1.807) is 17.2 Å². The van der Waals surface area contributed by atoms with Crippen molar-refractivity contribution in [2.24, 2.45) is 11.7 Å². The van der Waals surface area contributed by atoms with Crippen molar-refractivity contribution in [1.29, 1.82) is 0 Å². The summed E-state index contributed by atoms with van der Waals surface area (Å²) in [4.78, 5) is 33.0. The van der Waals surface area contributed by atoms with Crippen LogP contribution in [0, 0.1) is 5.92 Å². The highest BCUT2D eigenvalue weighted by molar-refractivity contribution is 5.88. The van der Waals surface area contributed by atoms with Crippen LogP contribution in [0.4, 0.5) is 10.6 Å². The lowest BCUT2D eigenvalue weighted by Gasteiger charge is -2.27. The van der Waals surface area contributed by atoms with E-state index in [2.05, 4.69) is 32.7 Å². The molecule has 1 aromatic heterocycles. The van der Waals surface area contributed by atoms with Gasteiger partial charge in [0.05, 0.1) is 5.69 Å². The molecule has 0 aliphatic carbocycles. The Bertz CT molecular complexity index is 938. The number of urea groups is 1. The number of hydrogen-bond donors (Lipinski definition) is 3. The van der Waals surface area contributed by atoms with Gasteiger partial charge in [-0.1, -0.05) is 12.1 Å². The average molecular weight is 426 g/mol. The van der Waals surface area contributed by atoms with Gasteiger partial charge in [0.1, 0.15) is 5.82 Å². The van der Waals surface area contributed by atoms with E-state index in [9.17, 15) is 9.59 Å². The summed E-state index contributed by atoms with van der Waals surface area (Å²) in [6.45, 7) is 6.83. The second-order valence-electron chi connectivity index (χ2n) is 8.24. The molecule has 4 N–H and O–H groups in total. The van der Waals surface area contributed by atoms with Crippen LogP contribution in [0.5, 0.6) is 0 Å². The Morgan fingerprint density at radius 1 is 1.16 bits per heavy atom. The van der Waals surface area contributed by atoms with Gasteiger partial charge in [0.15, 0.2) is 0 Å². The van der Waals surface area contributed by atoms with Crippen LogP contribution in [0.2, 0.25) is 0 Å². The van der Waals surface area contributed by atoms with Crippen LogP contribution >= 0.6 is 0 Å². The van der Waals surface area contributed by atoms with E-state index in [0.717, 1.165) is 51.4 Å². The number of nitrogens with zero attached hydrogens (tertiary/aromatic N) is 4. The van der Waals surface area contributed by atoms with Crippen LogP contribution in [0.1, 0.15) is 12.0 Å². The van der Waals surface area contributed by atoms with Crippen molar-refractivity contribution < 1.29 is 4.79 Å². The maximum absolute atomic E-state index is 12.5. The lowest BCUT2D eigenvalue weighted by Crippen LogP contribution is -2.48. The Hall–Kier alpha value is -2.75. The number of amides is 2. The molecule has 1 aromatic carbocycles. The molecule has 2 aliphatic rings. The highest BCUT2D eigenvalue weighted by atomic mass is 16.2. The van der Waals surface area contributed by atoms with Crippen LogP contribution in [0.3, 0.4) is 0 Å². The molecule has 2 amide bonds. The molecule has 2 saturated heterocycles. The molecule has 3 heterocycles. The molecular formula is C22H31N7O2. The zero-order chi connectivity index (χ0) is 21.6. The molecule has 0 unspecified atom stereocenters. The number of nitrogens with two attached hydrogens (primary N) is 1. The van der Waals surface area contributed by atoms with E-state index >= 15 is 0 Å². The summed E-state index contributed by atoms with van der Waals surface area (Å²) >= 11 is 0. The van der Waals surface area contributed by atoms with Crippen molar-refractivity contribution in [3.63, 3.8) is 0 Å². The van der Waals surface area contributed by atoms with Crippen LogP contribution in [-0.2, 0) is 6.42 Å². The molecule has 0 radical (unpaired) electrons. The smallest absolute Gasteiger partial charge is 0.330 e. The van der Waals surface area contributed by atoms with E-state index in [4.69, 9.17) is 5.73 Å². The first-order valence-corrected chi connectivity index (χ1v) is 11.0. The molecule has 2 fully saturated rings. The van der Waals surface area contributed by atoms with Crippen molar-refractivity contribution in [1.82, 2.24) is 24.7 Å². The Balaban J connectivity index is 1.34. The first kappa shape index (κ1) is 21.5. The molecule has 2 aromatic rings. The SMILES string of the molecule is NC[C@H]1CCN(CCc2ccc(-n3ccc(NC(=O)N4CCNCC4)nc3=O)cc2)C1. The zero-order valence-electron chi connectivity index (χ0n) is 17.8. The van der Waals surface area contributed by atoms with Gasteiger partial charge in [-0.3, -0.25) is 9.88 Å². The predicted molar refractivity (Wildman–Crippen MR) is 121 cm³/mol. The molecule has 4 rings (SSSR count). The van der Waals surface area contributed by atoms with E-state index in [-0.39, 0.29) is 11.8 Å². The molecule has 9 nitrogen and oxygen atoms in total. The summed E-state index contributed by atoms with van der Waals surface area (Å²) < 4.78 is 1.48. The lowest BCUT2D eigenvalue weighted by molar-refractivity contribution is 0.204. The van der Waals surface area contributed by atoms with Gasteiger partial charge in [-0.25, -0.2) is 9.59 Å². The number of likely N-dealkylation sites (tertiary alicyclic amines) is 1.